The second-order valence-corrected chi connectivity index (χ2v) is 7.73. The lowest BCUT2D eigenvalue weighted by molar-refractivity contribution is -0.105. The van der Waals surface area contributed by atoms with E-state index in [4.69, 9.17) is 4.98 Å². The van der Waals surface area contributed by atoms with E-state index < -0.39 is 0 Å². The second kappa shape index (κ2) is 7.46. The molecule has 0 bridgehead atoms. The normalized spacial score (nSPS) is 10.7. The fourth-order valence-electron chi connectivity index (χ4n) is 2.67. The van der Waals surface area contributed by atoms with E-state index in [9.17, 15) is 4.79 Å². The van der Waals surface area contributed by atoms with Gasteiger partial charge in [-0.2, -0.15) is 9.78 Å². The number of rotatable bonds is 5. The average Bonchev–Trinajstić information content (AvgIpc) is 3.31. The number of anilines is 1. The van der Waals surface area contributed by atoms with Crippen molar-refractivity contribution < 1.29 is 4.79 Å². The Balaban J connectivity index is 1.73. The van der Waals surface area contributed by atoms with Crippen molar-refractivity contribution in [1.82, 2.24) is 14.8 Å². The Morgan fingerprint density at radius 2 is 1.70 bits per heavy atom. The van der Waals surface area contributed by atoms with Crippen LogP contribution >= 0.6 is 27.3 Å². The summed E-state index contributed by atoms with van der Waals surface area (Å²) in [6.07, 6.45) is 0.646. The third-order valence-electron chi connectivity index (χ3n) is 4.08. The molecule has 27 heavy (non-hydrogen) atoms. The minimum atomic E-state index is 0.577. The monoisotopic (exact) mass is 438 g/mol. The summed E-state index contributed by atoms with van der Waals surface area (Å²) in [5.74, 6) is 0.577. The molecule has 0 aliphatic carbocycles. The Bertz CT molecular complexity index is 1080. The van der Waals surface area contributed by atoms with Crippen molar-refractivity contribution in [2.45, 2.75) is 6.92 Å². The van der Waals surface area contributed by atoms with Crippen LogP contribution in [0.5, 0.6) is 0 Å². The summed E-state index contributed by atoms with van der Waals surface area (Å²) < 4.78 is 2.66. The van der Waals surface area contributed by atoms with E-state index in [1.807, 2.05) is 35.7 Å². The van der Waals surface area contributed by atoms with Crippen molar-refractivity contribution in [1.29, 1.82) is 0 Å². The van der Waals surface area contributed by atoms with Gasteiger partial charge in [0.2, 0.25) is 11.5 Å². The molecule has 4 rings (SSSR count). The van der Waals surface area contributed by atoms with Gasteiger partial charge in [-0.3, -0.25) is 4.79 Å². The lowest BCUT2D eigenvalue weighted by Gasteiger charge is -2.01. The highest BCUT2D eigenvalue weighted by Crippen LogP contribution is 2.29. The molecule has 2 aromatic heterocycles. The van der Waals surface area contributed by atoms with E-state index in [1.165, 1.54) is 16.9 Å². The molecule has 0 radical (unpaired) electrons. The number of aromatic nitrogens is 3. The zero-order valence-corrected chi connectivity index (χ0v) is 16.8. The number of benzene rings is 2. The Labute approximate surface area is 168 Å². The maximum atomic E-state index is 11.0. The molecule has 134 valence electrons. The van der Waals surface area contributed by atoms with Crippen molar-refractivity contribution in [3.05, 3.63) is 70.0 Å². The number of carbonyl (C=O) groups excluding carboxylic acids is 1. The molecule has 0 aliphatic heterocycles. The van der Waals surface area contributed by atoms with Crippen molar-refractivity contribution in [2.24, 2.45) is 0 Å². The molecule has 2 aromatic carbocycles. The smallest absolute Gasteiger partial charge is 0.212 e. The van der Waals surface area contributed by atoms with Gasteiger partial charge in [0, 0.05) is 27.0 Å². The average molecular weight is 439 g/mol. The molecule has 0 aliphatic rings. The highest BCUT2D eigenvalue weighted by atomic mass is 79.9. The van der Waals surface area contributed by atoms with Crippen LogP contribution < -0.4 is 5.32 Å². The van der Waals surface area contributed by atoms with Gasteiger partial charge in [-0.05, 0) is 19.1 Å². The largest absolute Gasteiger partial charge is 0.313 e. The maximum Gasteiger partial charge on any atom is 0.212 e. The summed E-state index contributed by atoms with van der Waals surface area (Å²) in [6.45, 7) is 2.06. The predicted molar refractivity (Wildman–Crippen MR) is 112 cm³/mol. The summed E-state index contributed by atoms with van der Waals surface area (Å²) >= 11 is 4.91. The lowest BCUT2D eigenvalue weighted by atomic mass is 10.1. The predicted octanol–water partition coefficient (Wildman–Crippen LogP) is 5.30. The molecule has 2 heterocycles. The Morgan fingerprint density at radius 3 is 2.41 bits per heavy atom. The molecule has 1 amide bonds. The third-order valence-corrected chi connectivity index (χ3v) is 5.42. The molecule has 0 atom stereocenters. The highest BCUT2D eigenvalue weighted by Gasteiger charge is 2.14. The molecule has 0 fully saturated rings. The first kappa shape index (κ1) is 17.6. The quantitative estimate of drug-likeness (QED) is 0.429. The van der Waals surface area contributed by atoms with Crippen LogP contribution in [0.1, 0.15) is 5.56 Å². The number of aryl methyl sites for hydroxylation is 1. The van der Waals surface area contributed by atoms with Gasteiger partial charge in [0.15, 0.2) is 0 Å². The number of nitrogens with one attached hydrogen (secondary N) is 1. The fraction of sp³-hybridized carbons (Fsp3) is 0.0500. The number of hydrogen-bond acceptors (Lipinski definition) is 4. The Morgan fingerprint density at radius 1 is 1.04 bits per heavy atom. The number of halogens is 1. The number of nitrogens with zero attached hydrogens (tertiary/aromatic N) is 3. The standard InChI is InChI=1S/C20H15BrN4OS/c1-13-2-4-15(5-3-13)18-11-27-20(23-18)25-19(22-12-26)10-17(24-25)14-6-8-16(21)9-7-14/h2-12H,1H3,(H,22,26). The summed E-state index contributed by atoms with van der Waals surface area (Å²) in [6, 6.07) is 17.9. The van der Waals surface area contributed by atoms with Crippen molar-refractivity contribution in [3.63, 3.8) is 0 Å². The lowest BCUT2D eigenvalue weighted by Crippen LogP contribution is -2.04. The van der Waals surface area contributed by atoms with E-state index in [0.717, 1.165) is 27.0 Å². The van der Waals surface area contributed by atoms with Gasteiger partial charge < -0.3 is 5.32 Å². The van der Waals surface area contributed by atoms with E-state index in [-0.39, 0.29) is 0 Å². The first-order valence-electron chi connectivity index (χ1n) is 8.23. The van der Waals surface area contributed by atoms with Crippen LogP contribution in [0, 0.1) is 6.92 Å². The minimum Gasteiger partial charge on any atom is -0.313 e. The minimum absolute atomic E-state index is 0.577. The summed E-state index contributed by atoms with van der Waals surface area (Å²) in [5.41, 5.74) is 4.86. The van der Waals surface area contributed by atoms with Gasteiger partial charge in [0.1, 0.15) is 5.82 Å². The molecule has 4 aromatic rings. The third kappa shape index (κ3) is 3.70. The van der Waals surface area contributed by atoms with Crippen LogP contribution in [0.3, 0.4) is 0 Å². The second-order valence-electron chi connectivity index (χ2n) is 5.98. The van der Waals surface area contributed by atoms with Crippen molar-refractivity contribution in [2.75, 3.05) is 5.32 Å². The van der Waals surface area contributed by atoms with Gasteiger partial charge in [0.05, 0.1) is 11.4 Å². The summed E-state index contributed by atoms with van der Waals surface area (Å²) in [7, 11) is 0. The van der Waals surface area contributed by atoms with Crippen molar-refractivity contribution in [3.8, 4) is 27.6 Å². The van der Waals surface area contributed by atoms with E-state index in [0.29, 0.717) is 17.4 Å². The highest BCUT2D eigenvalue weighted by molar-refractivity contribution is 9.10. The van der Waals surface area contributed by atoms with Crippen LogP contribution in [0.4, 0.5) is 5.82 Å². The molecular weight excluding hydrogens is 424 g/mol. The van der Waals surface area contributed by atoms with Gasteiger partial charge in [-0.1, -0.05) is 57.9 Å². The number of thiazole rings is 1. The Kier molecular flexibility index (Phi) is 4.87. The van der Waals surface area contributed by atoms with E-state index in [1.54, 1.807) is 4.68 Å². The number of amides is 1. The summed E-state index contributed by atoms with van der Waals surface area (Å²) in [4.78, 5) is 15.7. The molecule has 0 spiro atoms. The first-order valence-corrected chi connectivity index (χ1v) is 9.90. The van der Waals surface area contributed by atoms with Crippen LogP contribution in [0.2, 0.25) is 0 Å². The van der Waals surface area contributed by atoms with Gasteiger partial charge in [-0.15, -0.1) is 11.3 Å². The van der Waals surface area contributed by atoms with E-state index >= 15 is 0 Å². The molecule has 0 saturated heterocycles. The molecular formula is C20H15BrN4OS. The molecule has 1 N–H and O–H groups in total. The number of hydrogen-bond donors (Lipinski definition) is 1. The van der Waals surface area contributed by atoms with Gasteiger partial charge in [0.25, 0.3) is 0 Å². The van der Waals surface area contributed by atoms with Crippen LogP contribution in [-0.4, -0.2) is 21.2 Å². The molecule has 0 unspecified atom stereocenters. The van der Waals surface area contributed by atoms with Crippen molar-refractivity contribution >= 4 is 39.5 Å². The molecule has 7 heteroatoms. The van der Waals surface area contributed by atoms with Crippen LogP contribution in [0.25, 0.3) is 27.6 Å². The number of carbonyl (C=O) groups is 1. The van der Waals surface area contributed by atoms with E-state index in [2.05, 4.69) is 57.5 Å². The SMILES string of the molecule is Cc1ccc(-c2csc(-n3nc(-c4ccc(Br)cc4)cc3NC=O)n2)cc1. The maximum absolute atomic E-state index is 11.0. The fourth-order valence-corrected chi connectivity index (χ4v) is 3.73. The molecule has 0 saturated carbocycles. The van der Waals surface area contributed by atoms with Gasteiger partial charge >= 0.3 is 0 Å². The van der Waals surface area contributed by atoms with Gasteiger partial charge in [-0.25, -0.2) is 4.98 Å². The van der Waals surface area contributed by atoms with Crippen LogP contribution in [-0.2, 0) is 4.79 Å². The zero-order valence-electron chi connectivity index (χ0n) is 14.4. The Hall–Kier alpha value is -2.77. The topological polar surface area (TPSA) is 59.8 Å². The zero-order chi connectivity index (χ0) is 18.8. The van der Waals surface area contributed by atoms with Crippen LogP contribution in [0.15, 0.2) is 64.5 Å². The first-order chi connectivity index (χ1) is 13.1. The molecule has 5 nitrogen and oxygen atoms in total. The summed E-state index contributed by atoms with van der Waals surface area (Å²) in [5, 5.41) is 10.0.